The highest BCUT2D eigenvalue weighted by Crippen LogP contribution is 2.16. The van der Waals surface area contributed by atoms with Gasteiger partial charge in [-0.15, -0.1) is 24.0 Å². The number of halogens is 4. The molecule has 1 aromatic heterocycles. The first-order valence-corrected chi connectivity index (χ1v) is 9.22. The molecule has 0 bridgehead atoms. The van der Waals surface area contributed by atoms with Gasteiger partial charge >= 0.3 is 6.18 Å². The molecule has 0 saturated carbocycles. The van der Waals surface area contributed by atoms with Crippen LogP contribution in [0.2, 0.25) is 0 Å². The average Bonchev–Trinajstić information content (AvgIpc) is 3.19. The molecule has 30 heavy (non-hydrogen) atoms. The van der Waals surface area contributed by atoms with Crippen molar-refractivity contribution < 1.29 is 27.1 Å². The third kappa shape index (κ3) is 11.4. The predicted octanol–water partition coefficient (Wildman–Crippen LogP) is 3.90. The Morgan fingerprint density at radius 1 is 1.07 bits per heavy atom. The van der Waals surface area contributed by atoms with Crippen LogP contribution in [-0.4, -0.2) is 45.5 Å². The lowest BCUT2D eigenvalue weighted by atomic mass is 10.1. The summed E-state index contributed by atoms with van der Waals surface area (Å²) >= 11 is 0. The molecular formula is C20H27F3IN3O3. The molecule has 2 aromatic rings. The molecule has 6 nitrogen and oxygen atoms in total. The van der Waals surface area contributed by atoms with Crippen molar-refractivity contribution in [1.82, 2.24) is 10.6 Å². The monoisotopic (exact) mass is 541 g/mol. The number of aliphatic imine (C=N–C) groups is 1. The number of furan rings is 1. The smallest absolute Gasteiger partial charge is 0.411 e. The van der Waals surface area contributed by atoms with Crippen LogP contribution < -0.4 is 10.6 Å². The molecule has 0 fully saturated rings. The molecule has 10 heteroatoms. The van der Waals surface area contributed by atoms with Gasteiger partial charge < -0.3 is 24.5 Å². The van der Waals surface area contributed by atoms with Crippen molar-refractivity contribution in [2.75, 3.05) is 33.4 Å². The van der Waals surface area contributed by atoms with Gasteiger partial charge in [-0.25, -0.2) is 4.99 Å². The topological polar surface area (TPSA) is 68.0 Å². The quantitative estimate of drug-likeness (QED) is 0.196. The number of benzene rings is 1. The van der Waals surface area contributed by atoms with Crippen LogP contribution in [0.4, 0.5) is 13.2 Å². The zero-order chi connectivity index (χ0) is 21.0. The lowest BCUT2D eigenvalue weighted by Gasteiger charge is -2.12. The second-order valence-corrected chi connectivity index (χ2v) is 6.27. The van der Waals surface area contributed by atoms with E-state index < -0.39 is 12.8 Å². The van der Waals surface area contributed by atoms with Crippen LogP contribution in [0.25, 0.3) is 0 Å². The van der Waals surface area contributed by atoms with Gasteiger partial charge in [0.25, 0.3) is 0 Å². The van der Waals surface area contributed by atoms with E-state index in [4.69, 9.17) is 9.15 Å². The van der Waals surface area contributed by atoms with Gasteiger partial charge in [-0.05, 0) is 23.3 Å². The standard InChI is InChI=1S/C20H26F3N3O3.HI/c1-27-12-10-25-19(24-9-8-18-3-2-11-29-18)26-13-16-4-6-17(7-5-16)14-28-15-20(21,22)23;/h2-7,11H,8-10,12-15H2,1H3,(H2,24,25,26);1H. The molecule has 2 rings (SSSR count). The number of nitrogens with one attached hydrogen (secondary N) is 2. The van der Waals surface area contributed by atoms with Gasteiger partial charge in [0, 0.05) is 26.6 Å². The Balaban J connectivity index is 0.00000450. The van der Waals surface area contributed by atoms with Crippen LogP contribution in [0.15, 0.2) is 52.1 Å². The molecule has 0 radical (unpaired) electrons. The molecule has 0 atom stereocenters. The van der Waals surface area contributed by atoms with Crippen molar-refractivity contribution in [3.05, 3.63) is 59.5 Å². The zero-order valence-corrected chi connectivity index (χ0v) is 19.0. The molecule has 0 aliphatic heterocycles. The largest absolute Gasteiger partial charge is 0.469 e. The SMILES string of the molecule is COCCNC(=NCc1ccc(COCC(F)(F)F)cc1)NCCc1ccco1.I. The maximum Gasteiger partial charge on any atom is 0.411 e. The number of nitrogens with zero attached hydrogens (tertiary/aromatic N) is 1. The molecule has 0 saturated heterocycles. The molecule has 0 amide bonds. The predicted molar refractivity (Wildman–Crippen MR) is 119 cm³/mol. The Kier molecular flexibility index (Phi) is 12.5. The minimum atomic E-state index is -4.31. The van der Waals surface area contributed by atoms with E-state index in [0.717, 1.165) is 17.7 Å². The molecule has 2 N–H and O–H groups in total. The van der Waals surface area contributed by atoms with Crippen LogP contribution in [0.5, 0.6) is 0 Å². The van der Waals surface area contributed by atoms with Gasteiger partial charge in [0.15, 0.2) is 5.96 Å². The summed E-state index contributed by atoms with van der Waals surface area (Å²) in [6.45, 7) is 0.902. The van der Waals surface area contributed by atoms with Gasteiger partial charge in [-0.2, -0.15) is 13.2 Å². The Morgan fingerprint density at radius 3 is 2.40 bits per heavy atom. The summed E-state index contributed by atoms with van der Waals surface area (Å²) in [5, 5.41) is 6.42. The Hall–Kier alpha value is -1.79. The van der Waals surface area contributed by atoms with E-state index in [1.165, 1.54) is 0 Å². The molecular weight excluding hydrogens is 514 g/mol. The first-order valence-electron chi connectivity index (χ1n) is 9.22. The zero-order valence-electron chi connectivity index (χ0n) is 16.7. The van der Waals surface area contributed by atoms with Crippen molar-refractivity contribution in [3.8, 4) is 0 Å². The van der Waals surface area contributed by atoms with Crippen molar-refractivity contribution in [3.63, 3.8) is 0 Å². The molecule has 1 aromatic carbocycles. The van der Waals surface area contributed by atoms with E-state index in [9.17, 15) is 13.2 Å². The Bertz CT molecular complexity index is 723. The highest BCUT2D eigenvalue weighted by Gasteiger charge is 2.27. The van der Waals surface area contributed by atoms with E-state index >= 15 is 0 Å². The number of rotatable bonds is 11. The summed E-state index contributed by atoms with van der Waals surface area (Å²) < 4.78 is 51.4. The third-order valence-corrected chi connectivity index (χ3v) is 3.82. The van der Waals surface area contributed by atoms with Gasteiger partial charge in [0.1, 0.15) is 12.4 Å². The number of methoxy groups -OCH3 is 1. The normalized spacial score (nSPS) is 11.8. The van der Waals surface area contributed by atoms with Crippen LogP contribution >= 0.6 is 24.0 Å². The van der Waals surface area contributed by atoms with E-state index in [1.807, 2.05) is 24.3 Å². The van der Waals surface area contributed by atoms with Gasteiger partial charge in [0.2, 0.25) is 0 Å². The summed E-state index contributed by atoms with van der Waals surface area (Å²) in [5.74, 6) is 1.53. The highest BCUT2D eigenvalue weighted by molar-refractivity contribution is 14.0. The van der Waals surface area contributed by atoms with Gasteiger partial charge in [-0.1, -0.05) is 24.3 Å². The maximum absolute atomic E-state index is 12.1. The number of ether oxygens (including phenoxy) is 2. The Labute approximate surface area is 191 Å². The van der Waals surface area contributed by atoms with Gasteiger partial charge in [0.05, 0.1) is 26.0 Å². The summed E-state index contributed by atoms with van der Waals surface area (Å²) in [7, 11) is 1.63. The summed E-state index contributed by atoms with van der Waals surface area (Å²) in [4.78, 5) is 4.54. The maximum atomic E-state index is 12.1. The van der Waals surface area contributed by atoms with Crippen LogP contribution in [-0.2, 0) is 29.0 Å². The minimum absolute atomic E-state index is 0. The molecule has 0 aliphatic rings. The second kappa shape index (κ2) is 14.3. The number of hydrogen-bond donors (Lipinski definition) is 2. The fourth-order valence-electron chi connectivity index (χ4n) is 2.40. The van der Waals surface area contributed by atoms with E-state index in [-0.39, 0.29) is 30.6 Å². The van der Waals surface area contributed by atoms with Crippen LogP contribution in [0.3, 0.4) is 0 Å². The van der Waals surface area contributed by atoms with Crippen LogP contribution in [0.1, 0.15) is 16.9 Å². The highest BCUT2D eigenvalue weighted by atomic mass is 127. The molecule has 0 aliphatic carbocycles. The number of hydrogen-bond acceptors (Lipinski definition) is 4. The van der Waals surface area contributed by atoms with E-state index in [0.29, 0.717) is 37.8 Å². The molecule has 0 spiro atoms. The summed E-state index contributed by atoms with van der Waals surface area (Å²) in [6, 6.07) is 10.9. The molecule has 1 heterocycles. The van der Waals surface area contributed by atoms with Crippen molar-refractivity contribution in [2.24, 2.45) is 4.99 Å². The fraction of sp³-hybridized carbons (Fsp3) is 0.450. The fourth-order valence-corrected chi connectivity index (χ4v) is 2.40. The summed E-state index contributed by atoms with van der Waals surface area (Å²) in [6.07, 6.45) is -1.95. The molecule has 168 valence electrons. The minimum Gasteiger partial charge on any atom is -0.469 e. The Morgan fingerprint density at radius 2 is 1.77 bits per heavy atom. The van der Waals surface area contributed by atoms with Crippen molar-refractivity contribution >= 4 is 29.9 Å². The first kappa shape index (κ1) is 26.2. The first-order chi connectivity index (χ1) is 14.0. The summed E-state index contributed by atoms with van der Waals surface area (Å²) in [5.41, 5.74) is 1.61. The van der Waals surface area contributed by atoms with Gasteiger partial charge in [-0.3, -0.25) is 0 Å². The lowest BCUT2D eigenvalue weighted by Crippen LogP contribution is -2.40. The number of alkyl halides is 3. The average molecular weight is 541 g/mol. The number of guanidine groups is 1. The van der Waals surface area contributed by atoms with E-state index in [2.05, 4.69) is 20.4 Å². The lowest BCUT2D eigenvalue weighted by molar-refractivity contribution is -0.176. The molecule has 0 unspecified atom stereocenters. The van der Waals surface area contributed by atoms with Crippen molar-refractivity contribution in [1.29, 1.82) is 0 Å². The third-order valence-electron chi connectivity index (χ3n) is 3.82. The second-order valence-electron chi connectivity index (χ2n) is 6.27. The van der Waals surface area contributed by atoms with E-state index in [1.54, 1.807) is 25.5 Å². The van der Waals surface area contributed by atoms with Crippen LogP contribution in [0, 0.1) is 0 Å². The van der Waals surface area contributed by atoms with Crippen molar-refractivity contribution in [2.45, 2.75) is 25.7 Å².